The van der Waals surface area contributed by atoms with E-state index in [1.165, 1.54) is 0 Å². The summed E-state index contributed by atoms with van der Waals surface area (Å²) >= 11 is 2.28. The average Bonchev–Trinajstić information content (AvgIpc) is 2.68. The van der Waals surface area contributed by atoms with Gasteiger partial charge in [-0.3, -0.25) is 4.98 Å². The van der Waals surface area contributed by atoms with Crippen LogP contribution in [-0.4, -0.2) is 32.7 Å². The molecule has 0 unspecified atom stereocenters. The van der Waals surface area contributed by atoms with Gasteiger partial charge in [-0.2, -0.15) is 4.98 Å². The van der Waals surface area contributed by atoms with E-state index in [-0.39, 0.29) is 18.6 Å². The summed E-state index contributed by atoms with van der Waals surface area (Å²) in [5, 5.41) is 16.2. The number of rotatable bonds is 7. The summed E-state index contributed by atoms with van der Waals surface area (Å²) in [6, 6.07) is 15.5. The van der Waals surface area contributed by atoms with E-state index in [9.17, 15) is 5.11 Å². The van der Waals surface area contributed by atoms with Crippen molar-refractivity contribution in [2.75, 3.05) is 17.2 Å². The summed E-state index contributed by atoms with van der Waals surface area (Å²) in [4.78, 5) is 13.6. The molecule has 0 bridgehead atoms. The Morgan fingerprint density at radius 3 is 2.48 bits per heavy atom. The summed E-state index contributed by atoms with van der Waals surface area (Å²) in [6.07, 6.45) is 1.74. The van der Waals surface area contributed by atoms with Crippen LogP contribution >= 0.6 is 22.6 Å². The van der Waals surface area contributed by atoms with Gasteiger partial charge >= 0.3 is 0 Å². The second-order valence-corrected chi connectivity index (χ2v) is 7.62. The second-order valence-electron chi connectivity index (χ2n) is 6.46. The molecule has 0 fully saturated rings. The van der Waals surface area contributed by atoms with Crippen molar-refractivity contribution < 1.29 is 5.11 Å². The smallest absolute Gasteiger partial charge is 0.225 e. The number of anilines is 3. The Labute approximate surface area is 172 Å². The van der Waals surface area contributed by atoms with Crippen molar-refractivity contribution in [3.8, 4) is 11.4 Å². The van der Waals surface area contributed by atoms with E-state index < -0.39 is 0 Å². The molecule has 2 aromatic heterocycles. The maximum Gasteiger partial charge on any atom is 0.225 e. The Morgan fingerprint density at radius 2 is 1.81 bits per heavy atom. The van der Waals surface area contributed by atoms with Crippen LogP contribution in [0, 0.1) is 9.49 Å². The molecule has 0 aliphatic heterocycles. The van der Waals surface area contributed by atoms with Crippen LogP contribution in [-0.2, 0) is 0 Å². The van der Waals surface area contributed by atoms with Crippen LogP contribution in [0.15, 0.2) is 54.7 Å². The average molecular weight is 475 g/mol. The van der Waals surface area contributed by atoms with Crippen molar-refractivity contribution in [2.45, 2.75) is 19.9 Å². The topological polar surface area (TPSA) is 83.0 Å². The number of halogens is 1. The van der Waals surface area contributed by atoms with Crippen molar-refractivity contribution in [3.63, 3.8) is 0 Å². The number of para-hydroxylation sites is 1. The van der Waals surface area contributed by atoms with Crippen LogP contribution in [0.3, 0.4) is 0 Å². The van der Waals surface area contributed by atoms with E-state index in [4.69, 9.17) is 0 Å². The number of hydrogen-bond acceptors (Lipinski definition) is 6. The van der Waals surface area contributed by atoms with E-state index in [0.29, 0.717) is 17.5 Å². The molecule has 140 valence electrons. The van der Waals surface area contributed by atoms with Gasteiger partial charge in [0.15, 0.2) is 0 Å². The summed E-state index contributed by atoms with van der Waals surface area (Å²) in [5.74, 6) is 1.36. The highest BCUT2D eigenvalue weighted by Gasteiger charge is 2.15. The summed E-state index contributed by atoms with van der Waals surface area (Å²) in [6.45, 7) is 4.10. The minimum Gasteiger partial charge on any atom is -0.394 e. The number of nitrogens with one attached hydrogen (secondary N) is 2. The number of nitrogens with zero attached hydrogens (tertiary/aromatic N) is 3. The zero-order valence-electron chi connectivity index (χ0n) is 15.2. The molecular formula is C20H22IN5O. The van der Waals surface area contributed by atoms with Crippen molar-refractivity contribution >= 4 is 40.0 Å². The molecule has 27 heavy (non-hydrogen) atoms. The molecule has 0 saturated carbocycles. The number of pyridine rings is 1. The van der Waals surface area contributed by atoms with Gasteiger partial charge in [-0.1, -0.05) is 32.0 Å². The predicted octanol–water partition coefficient (Wildman–Crippen LogP) is 4.32. The first kappa shape index (κ1) is 19.5. The van der Waals surface area contributed by atoms with Crippen LogP contribution in [0.4, 0.5) is 17.5 Å². The summed E-state index contributed by atoms with van der Waals surface area (Å²) in [7, 11) is 0. The van der Waals surface area contributed by atoms with Gasteiger partial charge in [0.05, 0.1) is 29.7 Å². The third kappa shape index (κ3) is 5.14. The largest absolute Gasteiger partial charge is 0.394 e. The van der Waals surface area contributed by atoms with Crippen LogP contribution in [0.1, 0.15) is 13.8 Å². The molecule has 0 radical (unpaired) electrons. The minimum absolute atomic E-state index is 0.00812. The van der Waals surface area contributed by atoms with E-state index in [1.54, 1.807) is 6.20 Å². The fourth-order valence-electron chi connectivity index (χ4n) is 2.51. The lowest BCUT2D eigenvalue weighted by atomic mass is 10.1. The molecule has 7 heteroatoms. The van der Waals surface area contributed by atoms with Gasteiger partial charge < -0.3 is 15.7 Å². The number of hydrogen-bond donors (Lipinski definition) is 3. The maximum atomic E-state index is 9.64. The van der Waals surface area contributed by atoms with Crippen molar-refractivity contribution in [1.82, 2.24) is 15.0 Å². The lowest BCUT2D eigenvalue weighted by Gasteiger charge is -2.20. The SMILES string of the molecule is CC(C)[C@@H](CO)Nc1nc(Nc2ccccc2I)cc(-c2ccccn2)n1. The molecule has 2 heterocycles. The number of aliphatic hydroxyl groups excluding tert-OH is 1. The van der Waals surface area contributed by atoms with Gasteiger partial charge in [-0.05, 0) is 52.8 Å². The highest BCUT2D eigenvalue weighted by molar-refractivity contribution is 14.1. The molecule has 0 aliphatic carbocycles. The predicted molar refractivity (Wildman–Crippen MR) is 117 cm³/mol. The Morgan fingerprint density at radius 1 is 1.04 bits per heavy atom. The molecule has 3 rings (SSSR count). The maximum absolute atomic E-state index is 9.64. The van der Waals surface area contributed by atoms with Gasteiger partial charge in [-0.15, -0.1) is 0 Å². The Kier molecular flexibility index (Phi) is 6.57. The Bertz CT molecular complexity index is 889. The van der Waals surface area contributed by atoms with Gasteiger partial charge in [0.2, 0.25) is 5.95 Å². The normalized spacial score (nSPS) is 12.0. The third-order valence-corrected chi connectivity index (χ3v) is 5.05. The monoisotopic (exact) mass is 475 g/mol. The first-order valence-corrected chi connectivity index (χ1v) is 9.84. The second kappa shape index (κ2) is 9.09. The van der Waals surface area contributed by atoms with E-state index >= 15 is 0 Å². The summed E-state index contributed by atoms with van der Waals surface area (Å²) < 4.78 is 1.10. The third-order valence-electron chi connectivity index (χ3n) is 4.11. The molecule has 6 nitrogen and oxygen atoms in total. The van der Waals surface area contributed by atoms with Gasteiger partial charge in [0.25, 0.3) is 0 Å². The first-order chi connectivity index (χ1) is 13.1. The van der Waals surface area contributed by atoms with E-state index in [0.717, 1.165) is 15.0 Å². The van der Waals surface area contributed by atoms with Crippen LogP contribution in [0.25, 0.3) is 11.4 Å². The van der Waals surface area contributed by atoms with Crippen molar-refractivity contribution in [1.29, 1.82) is 0 Å². The van der Waals surface area contributed by atoms with Crippen molar-refractivity contribution in [2.24, 2.45) is 5.92 Å². The molecule has 0 aliphatic rings. The minimum atomic E-state index is -0.131. The molecule has 1 atom stereocenters. The van der Waals surface area contributed by atoms with Gasteiger partial charge in [-0.25, -0.2) is 4.98 Å². The number of aliphatic hydroxyl groups is 1. The van der Waals surface area contributed by atoms with E-state index in [2.05, 4.69) is 48.2 Å². The Balaban J connectivity index is 1.99. The molecule has 0 saturated heterocycles. The van der Waals surface area contributed by atoms with Crippen LogP contribution in [0.5, 0.6) is 0 Å². The standard InChI is InChI=1S/C20H22IN5O/c1-13(2)18(12-27)25-20-24-17(16-9-5-6-10-22-16)11-19(26-20)23-15-8-4-3-7-14(15)21/h3-11,13,18,27H,12H2,1-2H3,(H2,23,24,25,26)/t18-/m1/s1. The lowest BCUT2D eigenvalue weighted by molar-refractivity contribution is 0.248. The van der Waals surface area contributed by atoms with E-state index in [1.807, 2.05) is 62.4 Å². The molecule has 0 spiro atoms. The number of aromatic nitrogens is 3. The quantitative estimate of drug-likeness (QED) is 0.442. The molecular weight excluding hydrogens is 453 g/mol. The fraction of sp³-hybridized carbons (Fsp3) is 0.250. The summed E-state index contributed by atoms with van der Waals surface area (Å²) in [5.41, 5.74) is 2.44. The number of benzene rings is 1. The molecule has 1 aromatic carbocycles. The highest BCUT2D eigenvalue weighted by Crippen LogP contribution is 2.25. The molecule has 3 aromatic rings. The fourth-order valence-corrected chi connectivity index (χ4v) is 3.03. The first-order valence-electron chi connectivity index (χ1n) is 8.76. The lowest BCUT2D eigenvalue weighted by Crippen LogP contribution is -2.30. The highest BCUT2D eigenvalue weighted by atomic mass is 127. The molecule has 0 amide bonds. The van der Waals surface area contributed by atoms with Crippen molar-refractivity contribution in [3.05, 3.63) is 58.3 Å². The zero-order valence-corrected chi connectivity index (χ0v) is 17.4. The zero-order chi connectivity index (χ0) is 19.2. The molecule has 3 N–H and O–H groups in total. The van der Waals surface area contributed by atoms with Gasteiger partial charge in [0, 0.05) is 15.8 Å². The Hall–Kier alpha value is -2.26. The van der Waals surface area contributed by atoms with Crippen LogP contribution in [0.2, 0.25) is 0 Å². The van der Waals surface area contributed by atoms with Gasteiger partial charge in [0.1, 0.15) is 5.82 Å². The van der Waals surface area contributed by atoms with Crippen LogP contribution < -0.4 is 10.6 Å².